The molecule has 0 aromatic carbocycles. The molecule has 0 saturated carbocycles. The highest BCUT2D eigenvalue weighted by molar-refractivity contribution is 5.72. The number of esters is 2. The van der Waals surface area contributed by atoms with Crippen LogP contribution < -0.4 is 0 Å². The van der Waals surface area contributed by atoms with Crippen molar-refractivity contribution in [2.45, 2.75) is 164 Å². The average molecular weight is 525 g/mol. The van der Waals surface area contributed by atoms with Crippen LogP contribution in [0.15, 0.2) is 0 Å². The third-order valence-corrected chi connectivity index (χ3v) is 7.62. The Morgan fingerprint density at radius 1 is 0.486 bits per heavy atom. The van der Waals surface area contributed by atoms with Crippen LogP contribution in [0.1, 0.15) is 164 Å². The highest BCUT2D eigenvalue weighted by Gasteiger charge is 2.21. The fourth-order valence-corrected chi connectivity index (χ4v) is 4.68. The second-order valence-corrected chi connectivity index (χ2v) is 12.4. The SMILES string of the molecule is CC(C)CCCCOC(=O)CCCCCCCCCCCCCC(C)C(C)C(=O)OCCCCC(C)C. The van der Waals surface area contributed by atoms with Gasteiger partial charge >= 0.3 is 11.9 Å². The minimum Gasteiger partial charge on any atom is -0.466 e. The molecule has 0 aliphatic carbocycles. The molecule has 0 bridgehead atoms. The number of hydrogen-bond acceptors (Lipinski definition) is 4. The summed E-state index contributed by atoms with van der Waals surface area (Å²) in [6, 6.07) is 0. The van der Waals surface area contributed by atoms with Crippen molar-refractivity contribution in [3.8, 4) is 0 Å². The Labute approximate surface area is 231 Å². The van der Waals surface area contributed by atoms with E-state index < -0.39 is 0 Å². The number of ether oxygens (including phenoxy) is 2. The minimum absolute atomic E-state index is 0.00954. The van der Waals surface area contributed by atoms with Crippen LogP contribution in [0.2, 0.25) is 0 Å². The van der Waals surface area contributed by atoms with Gasteiger partial charge in [-0.25, -0.2) is 0 Å². The van der Waals surface area contributed by atoms with Crippen LogP contribution >= 0.6 is 0 Å². The van der Waals surface area contributed by atoms with Crippen molar-refractivity contribution in [2.75, 3.05) is 13.2 Å². The maximum Gasteiger partial charge on any atom is 0.308 e. The molecule has 220 valence electrons. The number of unbranched alkanes of at least 4 members (excludes halogenated alkanes) is 12. The van der Waals surface area contributed by atoms with Crippen molar-refractivity contribution in [3.05, 3.63) is 0 Å². The van der Waals surface area contributed by atoms with Crippen LogP contribution in [-0.4, -0.2) is 25.2 Å². The molecule has 4 nitrogen and oxygen atoms in total. The molecule has 2 unspecified atom stereocenters. The number of carbonyl (C=O) groups excluding carboxylic acids is 2. The molecule has 2 atom stereocenters. The summed E-state index contributed by atoms with van der Waals surface area (Å²) in [5.41, 5.74) is 0. The first-order chi connectivity index (χ1) is 17.7. The molecule has 0 saturated heterocycles. The van der Waals surface area contributed by atoms with E-state index in [1.54, 1.807) is 0 Å². The summed E-state index contributed by atoms with van der Waals surface area (Å²) in [6.07, 6.45) is 22.1. The predicted molar refractivity (Wildman–Crippen MR) is 158 cm³/mol. The van der Waals surface area contributed by atoms with Gasteiger partial charge in [-0.2, -0.15) is 0 Å². The van der Waals surface area contributed by atoms with E-state index in [1.807, 2.05) is 6.92 Å². The van der Waals surface area contributed by atoms with Crippen molar-refractivity contribution in [1.82, 2.24) is 0 Å². The highest BCUT2D eigenvalue weighted by Crippen LogP contribution is 2.21. The maximum absolute atomic E-state index is 12.3. The van der Waals surface area contributed by atoms with E-state index in [0.717, 1.165) is 56.8 Å². The lowest BCUT2D eigenvalue weighted by Gasteiger charge is -2.18. The molecule has 0 aromatic rings. The standard InChI is InChI=1S/C33H64O4/c1-28(2)22-18-20-26-36-32(34)25-17-15-13-11-9-7-8-10-12-14-16-24-30(5)31(6)33(35)37-27-21-19-23-29(3)4/h28-31H,7-27H2,1-6H3. The van der Waals surface area contributed by atoms with Crippen molar-refractivity contribution < 1.29 is 19.1 Å². The molecule has 0 aliphatic rings. The number of carbonyl (C=O) groups is 2. The summed E-state index contributed by atoms with van der Waals surface area (Å²) in [7, 11) is 0. The smallest absolute Gasteiger partial charge is 0.308 e. The van der Waals surface area contributed by atoms with Crippen LogP contribution in [0.25, 0.3) is 0 Å². The van der Waals surface area contributed by atoms with Crippen LogP contribution in [-0.2, 0) is 19.1 Å². The normalized spacial score (nSPS) is 13.2. The molecule has 0 radical (unpaired) electrons. The molecule has 0 fully saturated rings. The van der Waals surface area contributed by atoms with Crippen LogP contribution in [0, 0.1) is 23.7 Å². The Morgan fingerprint density at radius 2 is 0.892 bits per heavy atom. The molecule has 0 spiro atoms. The quantitative estimate of drug-likeness (QED) is 0.0834. The molecule has 4 heteroatoms. The predicted octanol–water partition coefficient (Wildman–Crippen LogP) is 10.1. The van der Waals surface area contributed by atoms with Gasteiger partial charge < -0.3 is 9.47 Å². The number of hydrogen-bond donors (Lipinski definition) is 0. The van der Waals surface area contributed by atoms with Crippen LogP contribution in [0.4, 0.5) is 0 Å². The summed E-state index contributed by atoms with van der Waals surface area (Å²) in [4.78, 5) is 24.0. The third-order valence-electron chi connectivity index (χ3n) is 7.62. The van der Waals surface area contributed by atoms with E-state index in [-0.39, 0.29) is 17.9 Å². The summed E-state index contributed by atoms with van der Waals surface area (Å²) < 4.78 is 10.8. The van der Waals surface area contributed by atoms with Gasteiger partial charge in [0, 0.05) is 6.42 Å². The first-order valence-electron chi connectivity index (χ1n) is 16.1. The summed E-state index contributed by atoms with van der Waals surface area (Å²) in [5, 5.41) is 0. The van der Waals surface area contributed by atoms with E-state index in [2.05, 4.69) is 34.6 Å². The molecule has 0 rings (SSSR count). The van der Waals surface area contributed by atoms with E-state index in [4.69, 9.17) is 9.47 Å². The van der Waals surface area contributed by atoms with Crippen LogP contribution in [0.3, 0.4) is 0 Å². The Kier molecular flexibility index (Phi) is 24.5. The topological polar surface area (TPSA) is 52.6 Å². The van der Waals surface area contributed by atoms with Crippen LogP contribution in [0.5, 0.6) is 0 Å². The summed E-state index contributed by atoms with van der Waals surface area (Å²) in [5.74, 6) is 1.85. The molecule has 0 heterocycles. The van der Waals surface area contributed by atoms with Gasteiger partial charge in [-0.05, 0) is 56.3 Å². The number of rotatable bonds is 26. The monoisotopic (exact) mass is 524 g/mol. The van der Waals surface area contributed by atoms with Crippen molar-refractivity contribution >= 4 is 11.9 Å². The zero-order chi connectivity index (χ0) is 27.7. The lowest BCUT2D eigenvalue weighted by Crippen LogP contribution is -2.22. The van der Waals surface area contributed by atoms with E-state index >= 15 is 0 Å². The summed E-state index contributed by atoms with van der Waals surface area (Å²) in [6.45, 7) is 14.3. The average Bonchev–Trinajstić information content (AvgIpc) is 2.85. The highest BCUT2D eigenvalue weighted by atomic mass is 16.5. The van der Waals surface area contributed by atoms with E-state index in [0.29, 0.717) is 25.6 Å². The second kappa shape index (κ2) is 25.2. The lowest BCUT2D eigenvalue weighted by atomic mass is 9.90. The Hall–Kier alpha value is -1.06. The van der Waals surface area contributed by atoms with E-state index in [1.165, 1.54) is 70.6 Å². The molecule has 0 amide bonds. The molecular formula is C33H64O4. The fraction of sp³-hybridized carbons (Fsp3) is 0.939. The van der Waals surface area contributed by atoms with Gasteiger partial charge in [-0.3, -0.25) is 9.59 Å². The van der Waals surface area contributed by atoms with Gasteiger partial charge in [0.15, 0.2) is 0 Å². The minimum atomic E-state index is -0.0131. The zero-order valence-electron chi connectivity index (χ0n) is 25.8. The van der Waals surface area contributed by atoms with Gasteiger partial charge in [0.1, 0.15) is 0 Å². The van der Waals surface area contributed by atoms with Gasteiger partial charge in [0.2, 0.25) is 0 Å². The maximum atomic E-state index is 12.3. The van der Waals surface area contributed by atoms with Gasteiger partial charge in [0.05, 0.1) is 19.1 Å². The first kappa shape index (κ1) is 35.9. The molecular weight excluding hydrogens is 460 g/mol. The first-order valence-corrected chi connectivity index (χ1v) is 16.1. The Morgan fingerprint density at radius 3 is 1.38 bits per heavy atom. The largest absolute Gasteiger partial charge is 0.466 e. The molecule has 0 N–H and O–H groups in total. The van der Waals surface area contributed by atoms with Gasteiger partial charge in [-0.1, -0.05) is 119 Å². The third kappa shape index (κ3) is 25.0. The molecule has 37 heavy (non-hydrogen) atoms. The Balaban J connectivity index is 3.44. The lowest BCUT2D eigenvalue weighted by molar-refractivity contribution is -0.150. The Bertz CT molecular complexity index is 528. The van der Waals surface area contributed by atoms with Crippen molar-refractivity contribution in [1.29, 1.82) is 0 Å². The van der Waals surface area contributed by atoms with Gasteiger partial charge in [-0.15, -0.1) is 0 Å². The summed E-state index contributed by atoms with van der Waals surface area (Å²) >= 11 is 0. The molecule has 0 aliphatic heterocycles. The second-order valence-electron chi connectivity index (χ2n) is 12.4. The van der Waals surface area contributed by atoms with Crippen molar-refractivity contribution in [2.24, 2.45) is 23.7 Å². The van der Waals surface area contributed by atoms with Crippen molar-refractivity contribution in [3.63, 3.8) is 0 Å². The van der Waals surface area contributed by atoms with E-state index in [9.17, 15) is 9.59 Å². The van der Waals surface area contributed by atoms with Gasteiger partial charge in [0.25, 0.3) is 0 Å². The fourth-order valence-electron chi connectivity index (χ4n) is 4.68. The molecule has 0 aromatic heterocycles. The zero-order valence-corrected chi connectivity index (χ0v) is 25.8.